The molecule has 0 aliphatic carbocycles. The number of carbonyl (C=O) groups excluding carboxylic acids is 1. The van der Waals surface area contributed by atoms with Gasteiger partial charge in [0.25, 0.3) is 5.91 Å². The molecule has 8 heteroatoms. The Morgan fingerprint density at radius 1 is 1.17 bits per heavy atom. The first-order chi connectivity index (χ1) is 14.1. The predicted octanol–water partition coefficient (Wildman–Crippen LogP) is 5.30. The molecule has 1 amide bonds. The van der Waals surface area contributed by atoms with Crippen molar-refractivity contribution >= 4 is 33.4 Å². The van der Waals surface area contributed by atoms with Gasteiger partial charge in [0.05, 0.1) is 17.7 Å². The lowest BCUT2D eigenvalue weighted by atomic mass is 10.1. The zero-order valence-corrected chi connectivity index (χ0v) is 18.3. The monoisotopic (exact) mass is 477 g/mol. The number of nitrogens with one attached hydrogen (secondary N) is 1. The minimum Gasteiger partial charge on any atom is -0.497 e. The number of ether oxygens (including phenoxy) is 1. The second-order valence-corrected chi connectivity index (χ2v) is 7.75. The summed E-state index contributed by atoms with van der Waals surface area (Å²) in [6, 6.07) is 12.7. The molecule has 29 heavy (non-hydrogen) atoms. The number of carbonyl (C=O) groups is 1. The highest BCUT2D eigenvalue weighted by Gasteiger charge is 2.11. The van der Waals surface area contributed by atoms with Gasteiger partial charge in [-0.05, 0) is 55.3 Å². The molecule has 3 aromatic rings. The lowest BCUT2D eigenvalue weighted by Gasteiger charge is -2.07. The molecule has 3 rings (SSSR count). The maximum absolute atomic E-state index is 12.2. The fourth-order valence-electron chi connectivity index (χ4n) is 2.76. The van der Waals surface area contributed by atoms with Crippen molar-refractivity contribution in [3.8, 4) is 17.1 Å². The normalized spacial score (nSPS) is 10.7. The summed E-state index contributed by atoms with van der Waals surface area (Å²) in [6.45, 7) is 0.586. The van der Waals surface area contributed by atoms with Gasteiger partial charge in [0.15, 0.2) is 0 Å². The van der Waals surface area contributed by atoms with Gasteiger partial charge in [0, 0.05) is 23.0 Å². The highest BCUT2D eigenvalue weighted by atomic mass is 79.9. The van der Waals surface area contributed by atoms with E-state index < -0.39 is 0 Å². The molecule has 0 aliphatic heterocycles. The summed E-state index contributed by atoms with van der Waals surface area (Å²) in [7, 11) is 1.63. The second kappa shape index (κ2) is 10.4. The van der Waals surface area contributed by atoms with Gasteiger partial charge >= 0.3 is 0 Å². The van der Waals surface area contributed by atoms with Crippen LogP contribution in [0.1, 0.15) is 35.5 Å². The van der Waals surface area contributed by atoms with E-state index in [1.165, 1.54) is 0 Å². The molecule has 6 nitrogen and oxygen atoms in total. The van der Waals surface area contributed by atoms with E-state index >= 15 is 0 Å². The third kappa shape index (κ3) is 6.05. The quantitative estimate of drug-likeness (QED) is 0.422. The SMILES string of the molecule is COc1ccc(-c2noc(CCCCCNC(=O)c3cc(Br)ccc3Cl)n2)cc1. The van der Waals surface area contributed by atoms with Gasteiger partial charge in [-0.1, -0.05) is 39.1 Å². The van der Waals surface area contributed by atoms with Crippen molar-refractivity contribution in [3.05, 3.63) is 63.4 Å². The Morgan fingerprint density at radius 3 is 2.72 bits per heavy atom. The van der Waals surface area contributed by atoms with Crippen LogP contribution in [0.25, 0.3) is 11.4 Å². The van der Waals surface area contributed by atoms with Crippen molar-refractivity contribution in [2.24, 2.45) is 0 Å². The average Bonchev–Trinajstić information content (AvgIpc) is 3.21. The van der Waals surface area contributed by atoms with E-state index in [4.69, 9.17) is 20.9 Å². The van der Waals surface area contributed by atoms with Crippen LogP contribution in [0, 0.1) is 0 Å². The molecule has 0 saturated heterocycles. The Balaban J connectivity index is 1.38. The van der Waals surface area contributed by atoms with E-state index in [-0.39, 0.29) is 5.91 Å². The first-order valence-corrected chi connectivity index (χ1v) is 10.4. The number of benzene rings is 2. The van der Waals surface area contributed by atoms with E-state index in [0.717, 1.165) is 35.0 Å². The van der Waals surface area contributed by atoms with Crippen molar-refractivity contribution in [2.45, 2.75) is 25.7 Å². The van der Waals surface area contributed by atoms with Crippen molar-refractivity contribution in [2.75, 3.05) is 13.7 Å². The smallest absolute Gasteiger partial charge is 0.252 e. The van der Waals surface area contributed by atoms with Crippen molar-refractivity contribution in [3.63, 3.8) is 0 Å². The van der Waals surface area contributed by atoms with Crippen LogP contribution >= 0.6 is 27.5 Å². The lowest BCUT2D eigenvalue weighted by molar-refractivity contribution is 0.0953. The van der Waals surface area contributed by atoms with Crippen LogP contribution in [-0.4, -0.2) is 29.7 Å². The Kier molecular flexibility index (Phi) is 7.66. The summed E-state index contributed by atoms with van der Waals surface area (Å²) in [5, 5.41) is 7.36. The van der Waals surface area contributed by atoms with Gasteiger partial charge in [0.1, 0.15) is 5.75 Å². The van der Waals surface area contributed by atoms with Crippen LogP contribution in [0.3, 0.4) is 0 Å². The molecule has 0 radical (unpaired) electrons. The number of methoxy groups -OCH3 is 1. The number of amides is 1. The van der Waals surface area contributed by atoms with Crippen LogP contribution in [0.15, 0.2) is 51.5 Å². The second-order valence-electron chi connectivity index (χ2n) is 6.43. The Bertz CT molecular complexity index is 960. The van der Waals surface area contributed by atoms with Gasteiger partial charge in [0.2, 0.25) is 11.7 Å². The molecule has 0 fully saturated rings. The van der Waals surface area contributed by atoms with E-state index in [9.17, 15) is 4.79 Å². The number of hydrogen-bond acceptors (Lipinski definition) is 5. The van der Waals surface area contributed by atoms with Crippen LogP contribution in [0.4, 0.5) is 0 Å². The minimum absolute atomic E-state index is 0.169. The van der Waals surface area contributed by atoms with Crippen LogP contribution < -0.4 is 10.1 Å². The maximum Gasteiger partial charge on any atom is 0.252 e. The highest BCUT2D eigenvalue weighted by Crippen LogP contribution is 2.21. The molecule has 0 atom stereocenters. The van der Waals surface area contributed by atoms with Crippen molar-refractivity contribution in [1.29, 1.82) is 0 Å². The number of halogens is 2. The van der Waals surface area contributed by atoms with E-state index in [1.54, 1.807) is 25.3 Å². The first-order valence-electron chi connectivity index (χ1n) is 9.27. The average molecular weight is 479 g/mol. The number of rotatable bonds is 9. The molecule has 1 aromatic heterocycles. The molecule has 0 aliphatic rings. The number of unbranched alkanes of at least 4 members (excludes halogenated alkanes) is 2. The highest BCUT2D eigenvalue weighted by molar-refractivity contribution is 9.10. The van der Waals surface area contributed by atoms with Crippen LogP contribution in [0.5, 0.6) is 5.75 Å². The first kappa shape index (κ1) is 21.3. The fraction of sp³-hybridized carbons (Fsp3) is 0.286. The third-order valence-electron chi connectivity index (χ3n) is 4.34. The molecule has 0 bridgehead atoms. The zero-order valence-electron chi connectivity index (χ0n) is 16.0. The summed E-state index contributed by atoms with van der Waals surface area (Å²) in [4.78, 5) is 16.6. The van der Waals surface area contributed by atoms with Gasteiger partial charge in [-0.15, -0.1) is 0 Å². The Labute approximate surface area is 182 Å². The van der Waals surface area contributed by atoms with Crippen LogP contribution in [0.2, 0.25) is 5.02 Å². The molecule has 1 heterocycles. The minimum atomic E-state index is -0.169. The van der Waals surface area contributed by atoms with Gasteiger partial charge in [-0.2, -0.15) is 4.98 Å². The summed E-state index contributed by atoms with van der Waals surface area (Å²) in [5.41, 5.74) is 1.35. The van der Waals surface area contributed by atoms with Crippen molar-refractivity contribution in [1.82, 2.24) is 15.5 Å². The van der Waals surface area contributed by atoms with Crippen molar-refractivity contribution < 1.29 is 14.1 Å². The molecule has 152 valence electrons. The molecule has 0 saturated carbocycles. The Morgan fingerprint density at radius 2 is 1.97 bits per heavy atom. The molecule has 0 spiro atoms. The zero-order chi connectivity index (χ0) is 20.6. The maximum atomic E-state index is 12.2. The Hall–Kier alpha value is -2.38. The molecule has 1 N–H and O–H groups in total. The topological polar surface area (TPSA) is 77.3 Å². The third-order valence-corrected chi connectivity index (χ3v) is 5.17. The fourth-order valence-corrected chi connectivity index (χ4v) is 3.32. The number of aromatic nitrogens is 2. The summed E-state index contributed by atoms with van der Waals surface area (Å²) in [6.07, 6.45) is 3.40. The van der Waals surface area contributed by atoms with E-state index in [2.05, 4.69) is 31.4 Å². The number of hydrogen-bond donors (Lipinski definition) is 1. The number of aryl methyl sites for hydroxylation is 1. The summed E-state index contributed by atoms with van der Waals surface area (Å²) < 4.78 is 11.3. The molecular weight excluding hydrogens is 458 g/mol. The standard InChI is InChI=1S/C21H21BrClN3O3/c1-28-16-9-6-14(7-10-16)20-25-19(29-26-20)5-3-2-4-12-24-21(27)17-13-15(22)8-11-18(17)23/h6-11,13H,2-5,12H2,1H3,(H,24,27). The van der Waals surface area contributed by atoms with Gasteiger partial charge in [-0.3, -0.25) is 4.79 Å². The largest absolute Gasteiger partial charge is 0.497 e. The van der Waals surface area contributed by atoms with Gasteiger partial charge in [-0.25, -0.2) is 0 Å². The summed E-state index contributed by atoms with van der Waals surface area (Å²) in [5.74, 6) is 1.80. The molecule has 2 aromatic carbocycles. The van der Waals surface area contributed by atoms with Crippen LogP contribution in [-0.2, 0) is 6.42 Å². The summed E-state index contributed by atoms with van der Waals surface area (Å²) >= 11 is 9.42. The number of nitrogens with zero attached hydrogens (tertiary/aromatic N) is 2. The predicted molar refractivity (Wildman–Crippen MR) is 115 cm³/mol. The molecule has 0 unspecified atom stereocenters. The molecular formula is C21H21BrClN3O3. The lowest BCUT2D eigenvalue weighted by Crippen LogP contribution is -2.24. The van der Waals surface area contributed by atoms with E-state index in [0.29, 0.717) is 35.3 Å². The van der Waals surface area contributed by atoms with Gasteiger partial charge < -0.3 is 14.6 Å². The van der Waals surface area contributed by atoms with E-state index in [1.807, 2.05) is 24.3 Å².